The third-order valence-electron chi connectivity index (χ3n) is 7.95. The van der Waals surface area contributed by atoms with E-state index >= 15 is 0 Å². The molecule has 8 heteroatoms. The van der Waals surface area contributed by atoms with E-state index in [-0.39, 0.29) is 23.6 Å². The van der Waals surface area contributed by atoms with Gasteiger partial charge in [-0.25, -0.2) is 4.79 Å². The maximum absolute atomic E-state index is 13.8. The number of anilines is 1. The van der Waals surface area contributed by atoms with Crippen LogP contribution < -0.4 is 19.7 Å². The number of benzene rings is 4. The van der Waals surface area contributed by atoms with Crippen LogP contribution in [0.25, 0.3) is 10.8 Å². The highest BCUT2D eigenvalue weighted by molar-refractivity contribution is 9.10. The van der Waals surface area contributed by atoms with Gasteiger partial charge < -0.3 is 24.8 Å². The highest BCUT2D eigenvalue weighted by Gasteiger charge is 2.26. The highest BCUT2D eigenvalue weighted by Crippen LogP contribution is 2.37. The lowest BCUT2D eigenvalue weighted by atomic mass is 9.90. The zero-order valence-electron chi connectivity index (χ0n) is 24.1. The predicted octanol–water partition coefficient (Wildman–Crippen LogP) is 7.06. The average molecular weight is 632 g/mol. The Morgan fingerprint density at radius 3 is 2.40 bits per heavy atom. The molecule has 218 valence electrons. The van der Waals surface area contributed by atoms with Gasteiger partial charge >= 0.3 is 5.97 Å². The minimum Gasteiger partial charge on any atom is -0.497 e. The second-order valence-corrected chi connectivity index (χ2v) is 11.5. The molecule has 0 spiro atoms. The summed E-state index contributed by atoms with van der Waals surface area (Å²) in [6, 6.07) is 21.3. The predicted molar refractivity (Wildman–Crippen MR) is 169 cm³/mol. The van der Waals surface area contributed by atoms with Crippen LogP contribution in [-0.2, 0) is 11.2 Å². The Morgan fingerprint density at radius 2 is 1.69 bits per heavy atom. The van der Waals surface area contributed by atoms with Gasteiger partial charge in [0, 0.05) is 28.8 Å². The molecular formula is C34H35BrN2O5. The van der Waals surface area contributed by atoms with Crippen LogP contribution >= 0.6 is 15.9 Å². The number of carbonyl (C=O) groups is 2. The summed E-state index contributed by atoms with van der Waals surface area (Å²) < 4.78 is 11.3. The molecule has 1 aliphatic heterocycles. The molecule has 0 bridgehead atoms. The number of aromatic carboxylic acids is 1. The molecule has 1 fully saturated rings. The van der Waals surface area contributed by atoms with Gasteiger partial charge in [-0.2, -0.15) is 0 Å². The normalized spacial score (nSPS) is 14.0. The molecule has 2 N–H and O–H groups in total. The zero-order chi connectivity index (χ0) is 29.8. The van der Waals surface area contributed by atoms with Gasteiger partial charge in [0.2, 0.25) is 5.91 Å². The van der Waals surface area contributed by atoms with Gasteiger partial charge in [-0.3, -0.25) is 4.79 Å². The molecule has 1 unspecified atom stereocenters. The molecule has 0 saturated carbocycles. The standard InChI is InChI=1S/C34H35BrN2O5/c1-21-8-7-9-29(37-14-5-4-6-15-37)32(21)33(24-11-10-23-17-26(41-2)13-12-22(23)16-24)36-31(38)19-25-18-30(42-3)27(34(39)40)20-28(25)35/h7-13,16-18,20,33H,4-6,14-15,19H2,1-3H3,(H,36,38)(H,39,40). The van der Waals surface area contributed by atoms with Crippen molar-refractivity contribution in [1.82, 2.24) is 5.32 Å². The Balaban J connectivity index is 1.56. The second-order valence-electron chi connectivity index (χ2n) is 10.7. The summed E-state index contributed by atoms with van der Waals surface area (Å²) in [6.45, 7) is 4.06. The highest BCUT2D eigenvalue weighted by atomic mass is 79.9. The van der Waals surface area contributed by atoms with E-state index in [0.717, 1.165) is 64.8 Å². The van der Waals surface area contributed by atoms with Crippen molar-refractivity contribution in [2.75, 3.05) is 32.2 Å². The number of methoxy groups -OCH3 is 2. The Hall–Kier alpha value is -4.04. The largest absolute Gasteiger partial charge is 0.497 e. The third kappa shape index (κ3) is 6.23. The average Bonchev–Trinajstić information content (AvgIpc) is 3.00. The van der Waals surface area contributed by atoms with Gasteiger partial charge in [-0.05, 0) is 90.0 Å². The molecule has 0 aromatic heterocycles. The maximum atomic E-state index is 13.8. The maximum Gasteiger partial charge on any atom is 0.339 e. The van der Waals surface area contributed by atoms with Crippen molar-refractivity contribution in [1.29, 1.82) is 0 Å². The fourth-order valence-corrected chi connectivity index (χ4v) is 6.26. The summed E-state index contributed by atoms with van der Waals surface area (Å²) in [4.78, 5) is 27.9. The number of carboxylic acids is 1. The van der Waals surface area contributed by atoms with Gasteiger partial charge in [0.1, 0.15) is 17.1 Å². The van der Waals surface area contributed by atoms with Gasteiger partial charge in [-0.1, -0.05) is 46.3 Å². The van der Waals surface area contributed by atoms with E-state index in [1.165, 1.54) is 19.6 Å². The molecule has 42 heavy (non-hydrogen) atoms. The number of aryl methyl sites for hydroxylation is 1. The van der Waals surface area contributed by atoms with Gasteiger partial charge in [0.15, 0.2) is 0 Å². The molecule has 1 heterocycles. The van der Waals surface area contributed by atoms with E-state index in [9.17, 15) is 14.7 Å². The number of hydrogen-bond donors (Lipinski definition) is 2. The van der Waals surface area contributed by atoms with Crippen molar-refractivity contribution in [3.8, 4) is 11.5 Å². The van der Waals surface area contributed by atoms with E-state index in [0.29, 0.717) is 10.0 Å². The second kappa shape index (κ2) is 12.9. The molecule has 0 aliphatic carbocycles. The number of carboxylic acid groups (broad SMARTS) is 1. The van der Waals surface area contributed by atoms with E-state index in [2.05, 4.69) is 69.5 Å². The van der Waals surface area contributed by atoms with Gasteiger partial charge in [0.25, 0.3) is 0 Å². The Kier molecular flexibility index (Phi) is 9.02. The topological polar surface area (TPSA) is 88.1 Å². The molecular weight excluding hydrogens is 596 g/mol. The number of halogens is 1. The van der Waals surface area contributed by atoms with Crippen LogP contribution in [-0.4, -0.2) is 44.3 Å². The summed E-state index contributed by atoms with van der Waals surface area (Å²) in [5.41, 5.74) is 4.98. The summed E-state index contributed by atoms with van der Waals surface area (Å²) >= 11 is 3.46. The molecule has 4 aromatic carbocycles. The number of nitrogens with one attached hydrogen (secondary N) is 1. The first-order valence-electron chi connectivity index (χ1n) is 14.1. The molecule has 0 radical (unpaired) electrons. The fraction of sp³-hybridized carbons (Fsp3) is 0.294. The molecule has 7 nitrogen and oxygen atoms in total. The smallest absolute Gasteiger partial charge is 0.339 e. The lowest BCUT2D eigenvalue weighted by Crippen LogP contribution is -2.35. The first-order valence-corrected chi connectivity index (χ1v) is 14.9. The number of fused-ring (bicyclic) bond motifs is 1. The van der Waals surface area contributed by atoms with Crippen molar-refractivity contribution in [3.05, 3.63) is 99.0 Å². The third-order valence-corrected chi connectivity index (χ3v) is 8.68. The van der Waals surface area contributed by atoms with Crippen molar-refractivity contribution >= 4 is 44.3 Å². The van der Waals surface area contributed by atoms with Gasteiger partial charge in [0.05, 0.1) is 26.7 Å². The van der Waals surface area contributed by atoms with Crippen molar-refractivity contribution < 1.29 is 24.2 Å². The van der Waals surface area contributed by atoms with Crippen LogP contribution in [0.3, 0.4) is 0 Å². The van der Waals surface area contributed by atoms with E-state index in [1.807, 2.05) is 18.2 Å². The van der Waals surface area contributed by atoms with Crippen molar-refractivity contribution in [2.24, 2.45) is 0 Å². The lowest BCUT2D eigenvalue weighted by molar-refractivity contribution is -0.120. The van der Waals surface area contributed by atoms with Crippen LogP contribution in [0.5, 0.6) is 11.5 Å². The fourth-order valence-electron chi connectivity index (χ4n) is 5.77. The van der Waals surface area contributed by atoms with E-state index < -0.39 is 12.0 Å². The van der Waals surface area contributed by atoms with Crippen LogP contribution in [0.4, 0.5) is 5.69 Å². The lowest BCUT2D eigenvalue weighted by Gasteiger charge is -2.34. The van der Waals surface area contributed by atoms with Crippen molar-refractivity contribution in [2.45, 2.75) is 38.6 Å². The molecule has 1 atom stereocenters. The molecule has 4 aromatic rings. The zero-order valence-corrected chi connectivity index (χ0v) is 25.7. The number of ether oxygens (including phenoxy) is 2. The monoisotopic (exact) mass is 630 g/mol. The molecule has 5 rings (SSSR count). The number of nitrogens with zero attached hydrogens (tertiary/aromatic N) is 1. The number of hydrogen-bond acceptors (Lipinski definition) is 5. The minimum atomic E-state index is -1.10. The number of amides is 1. The molecule has 1 aliphatic rings. The quantitative estimate of drug-likeness (QED) is 0.206. The van der Waals surface area contributed by atoms with Gasteiger partial charge in [-0.15, -0.1) is 0 Å². The van der Waals surface area contributed by atoms with E-state index in [1.54, 1.807) is 13.2 Å². The summed E-state index contributed by atoms with van der Waals surface area (Å²) in [7, 11) is 3.08. The molecule has 1 saturated heterocycles. The Morgan fingerprint density at radius 1 is 0.952 bits per heavy atom. The summed E-state index contributed by atoms with van der Waals surface area (Å²) in [6.07, 6.45) is 3.56. The number of carbonyl (C=O) groups excluding carboxylic acids is 1. The number of rotatable bonds is 9. The SMILES string of the molecule is COc1ccc2cc(C(NC(=O)Cc3cc(OC)c(C(=O)O)cc3Br)c3c(C)cccc3N3CCCCC3)ccc2c1. The van der Waals surface area contributed by atoms with Crippen LogP contribution in [0.2, 0.25) is 0 Å². The molecule has 1 amide bonds. The first-order chi connectivity index (χ1) is 20.3. The van der Waals surface area contributed by atoms with Crippen LogP contribution in [0.15, 0.2) is 71.2 Å². The first kappa shape index (κ1) is 29.5. The minimum absolute atomic E-state index is 0.0327. The van der Waals surface area contributed by atoms with Crippen molar-refractivity contribution in [3.63, 3.8) is 0 Å². The summed E-state index contributed by atoms with van der Waals surface area (Å²) in [5.74, 6) is -0.279. The summed E-state index contributed by atoms with van der Waals surface area (Å²) in [5, 5.41) is 15.0. The Labute approximate surface area is 254 Å². The van der Waals surface area contributed by atoms with Crippen LogP contribution in [0, 0.1) is 6.92 Å². The number of piperidine rings is 1. The Bertz CT molecular complexity index is 1630. The van der Waals surface area contributed by atoms with E-state index in [4.69, 9.17) is 9.47 Å². The van der Waals surface area contributed by atoms with Crippen LogP contribution in [0.1, 0.15) is 57.9 Å².